The summed E-state index contributed by atoms with van der Waals surface area (Å²) in [6, 6.07) is -0.765. The van der Waals surface area contributed by atoms with E-state index in [-0.39, 0.29) is 18.9 Å². The monoisotopic (exact) mass is 760 g/mol. The van der Waals surface area contributed by atoms with Crippen molar-refractivity contribution in [3.05, 3.63) is 36.5 Å². The van der Waals surface area contributed by atoms with Crippen molar-refractivity contribution in [2.24, 2.45) is 0 Å². The van der Waals surface area contributed by atoms with E-state index in [1.807, 2.05) is 6.08 Å². The molecule has 0 fully saturated rings. The number of hydrogen-bond acceptors (Lipinski definition) is 4. The molecule has 3 unspecified atom stereocenters. The molecule has 0 aliphatic rings. The van der Waals surface area contributed by atoms with Gasteiger partial charge in [-0.3, -0.25) is 4.79 Å². The average Bonchev–Trinajstić information content (AvgIpc) is 3.16. The van der Waals surface area contributed by atoms with Crippen molar-refractivity contribution < 1.29 is 20.1 Å². The van der Waals surface area contributed by atoms with Crippen molar-refractivity contribution >= 4 is 5.91 Å². The molecule has 54 heavy (non-hydrogen) atoms. The van der Waals surface area contributed by atoms with Crippen molar-refractivity contribution in [1.82, 2.24) is 5.32 Å². The van der Waals surface area contributed by atoms with Crippen LogP contribution in [-0.2, 0) is 4.79 Å². The molecule has 5 nitrogen and oxygen atoms in total. The Kier molecular flexibility index (Phi) is 43.1. The van der Waals surface area contributed by atoms with Crippen molar-refractivity contribution in [3.63, 3.8) is 0 Å². The number of hydrogen-bond donors (Lipinski definition) is 4. The van der Waals surface area contributed by atoms with Crippen LogP contribution in [0.1, 0.15) is 245 Å². The van der Waals surface area contributed by atoms with Gasteiger partial charge in [-0.15, -0.1) is 0 Å². The number of carbonyl (C=O) groups is 1. The number of unbranched alkanes of at least 4 members (excludes halogenated alkanes) is 30. The molecule has 1 amide bonds. The number of rotatable bonds is 43. The molecule has 0 aromatic heterocycles. The summed E-state index contributed by atoms with van der Waals surface area (Å²) in [5.74, 6) is -0.327. The van der Waals surface area contributed by atoms with E-state index >= 15 is 0 Å². The second-order valence-electron chi connectivity index (χ2n) is 16.4. The molecule has 0 spiro atoms. The van der Waals surface area contributed by atoms with E-state index in [9.17, 15) is 20.1 Å². The first-order valence-corrected chi connectivity index (χ1v) is 23.8. The molecule has 5 heteroatoms. The first-order valence-electron chi connectivity index (χ1n) is 23.8. The van der Waals surface area contributed by atoms with Gasteiger partial charge < -0.3 is 20.6 Å². The van der Waals surface area contributed by atoms with Crippen LogP contribution in [0.15, 0.2) is 36.5 Å². The van der Waals surface area contributed by atoms with Crippen LogP contribution in [0.5, 0.6) is 0 Å². The predicted octanol–water partition coefficient (Wildman–Crippen LogP) is 13.9. The van der Waals surface area contributed by atoms with Gasteiger partial charge in [0.05, 0.1) is 31.3 Å². The minimum absolute atomic E-state index is 0.00506. The average molecular weight is 760 g/mol. The van der Waals surface area contributed by atoms with Gasteiger partial charge in [0, 0.05) is 0 Å². The number of aliphatic hydroxyl groups is 3. The Bertz CT molecular complexity index is 840. The number of aliphatic hydroxyl groups excluding tert-OH is 3. The number of nitrogens with one attached hydrogen (secondary N) is 1. The minimum Gasteiger partial charge on any atom is -0.394 e. The summed E-state index contributed by atoms with van der Waals surface area (Å²) in [6.45, 7) is 4.21. The summed E-state index contributed by atoms with van der Waals surface area (Å²) in [4.78, 5) is 12.4. The smallest absolute Gasteiger partial charge is 0.222 e. The number of carbonyl (C=O) groups excluding carboxylic acids is 1. The largest absolute Gasteiger partial charge is 0.394 e. The lowest BCUT2D eigenvalue weighted by molar-refractivity contribution is -0.124. The van der Waals surface area contributed by atoms with Gasteiger partial charge in [0.15, 0.2) is 0 Å². The van der Waals surface area contributed by atoms with E-state index in [0.717, 1.165) is 38.5 Å². The molecule has 0 heterocycles. The topological polar surface area (TPSA) is 89.8 Å². The van der Waals surface area contributed by atoms with Gasteiger partial charge in [-0.25, -0.2) is 0 Å². The summed E-state index contributed by atoms with van der Waals surface area (Å²) in [5.41, 5.74) is 0. The minimum atomic E-state index is -0.958. The van der Waals surface area contributed by atoms with Crippen molar-refractivity contribution in [2.45, 2.75) is 263 Å². The Morgan fingerprint density at radius 1 is 0.463 bits per heavy atom. The number of amides is 1. The summed E-state index contributed by atoms with van der Waals surface area (Å²) >= 11 is 0. The van der Waals surface area contributed by atoms with Crippen LogP contribution in [0, 0.1) is 0 Å². The van der Waals surface area contributed by atoms with Crippen LogP contribution in [0.4, 0.5) is 0 Å². The Balaban J connectivity index is 3.70. The van der Waals surface area contributed by atoms with Crippen LogP contribution < -0.4 is 5.32 Å². The third-order valence-electron chi connectivity index (χ3n) is 10.9. The van der Waals surface area contributed by atoms with Crippen molar-refractivity contribution in [3.8, 4) is 0 Å². The van der Waals surface area contributed by atoms with Crippen molar-refractivity contribution in [1.29, 1.82) is 0 Å². The molecule has 0 aliphatic carbocycles. The van der Waals surface area contributed by atoms with E-state index in [1.165, 1.54) is 180 Å². The Morgan fingerprint density at radius 3 is 1.19 bits per heavy atom. The lowest BCUT2D eigenvalue weighted by atomic mass is 10.0. The second kappa shape index (κ2) is 44.3. The maximum absolute atomic E-state index is 12.4. The summed E-state index contributed by atoms with van der Waals surface area (Å²) < 4.78 is 0. The fraction of sp³-hybridized carbons (Fsp3) is 0.857. The van der Waals surface area contributed by atoms with Crippen LogP contribution in [0.3, 0.4) is 0 Å². The zero-order chi connectivity index (χ0) is 39.4. The first-order chi connectivity index (χ1) is 26.5. The van der Waals surface area contributed by atoms with Gasteiger partial charge in [-0.2, -0.15) is 0 Å². The Labute approximate surface area is 336 Å². The molecule has 318 valence electrons. The maximum atomic E-state index is 12.4. The third-order valence-corrected chi connectivity index (χ3v) is 10.9. The fourth-order valence-electron chi connectivity index (χ4n) is 7.25. The lowest BCUT2D eigenvalue weighted by Crippen LogP contribution is -2.45. The zero-order valence-electron chi connectivity index (χ0n) is 36.1. The molecule has 0 radical (unpaired) electrons. The summed E-state index contributed by atoms with van der Waals surface area (Å²) in [5, 5.41) is 33.3. The van der Waals surface area contributed by atoms with Crippen LogP contribution in [0.25, 0.3) is 0 Å². The molecule has 0 aliphatic heterocycles. The Morgan fingerprint density at radius 2 is 0.796 bits per heavy atom. The SMILES string of the molecule is CCCCCCCCCCCCCCC/C=C/CC/C=C/CC/C=C/C(O)C(CO)NC(=O)CC(O)CCCCCCCCCCCCCCCCCC. The molecular formula is C49H93NO4. The predicted molar refractivity (Wildman–Crippen MR) is 236 cm³/mol. The highest BCUT2D eigenvalue weighted by Gasteiger charge is 2.20. The quantitative estimate of drug-likeness (QED) is 0.0368. The maximum Gasteiger partial charge on any atom is 0.222 e. The lowest BCUT2D eigenvalue weighted by Gasteiger charge is -2.21. The first kappa shape index (κ1) is 52.6. The van der Waals surface area contributed by atoms with Gasteiger partial charge in [0.1, 0.15) is 0 Å². The van der Waals surface area contributed by atoms with Gasteiger partial charge in [0.2, 0.25) is 5.91 Å². The van der Waals surface area contributed by atoms with Gasteiger partial charge in [-0.05, 0) is 44.9 Å². The zero-order valence-corrected chi connectivity index (χ0v) is 36.1. The van der Waals surface area contributed by atoms with Crippen molar-refractivity contribution in [2.75, 3.05) is 6.61 Å². The molecule has 0 bridgehead atoms. The fourth-order valence-corrected chi connectivity index (χ4v) is 7.25. The van der Waals surface area contributed by atoms with Gasteiger partial charge in [0.25, 0.3) is 0 Å². The second-order valence-corrected chi connectivity index (χ2v) is 16.4. The van der Waals surface area contributed by atoms with Crippen LogP contribution in [0.2, 0.25) is 0 Å². The Hall–Kier alpha value is -1.43. The molecule has 0 saturated carbocycles. The molecular weight excluding hydrogens is 667 g/mol. The van der Waals surface area contributed by atoms with Crippen LogP contribution >= 0.6 is 0 Å². The molecule has 0 aromatic rings. The molecule has 0 saturated heterocycles. The van der Waals surface area contributed by atoms with Gasteiger partial charge >= 0.3 is 0 Å². The van der Waals surface area contributed by atoms with E-state index in [2.05, 4.69) is 43.5 Å². The van der Waals surface area contributed by atoms with E-state index in [1.54, 1.807) is 6.08 Å². The molecule has 0 rings (SSSR count). The van der Waals surface area contributed by atoms with Crippen LogP contribution in [-0.4, -0.2) is 46.1 Å². The highest BCUT2D eigenvalue weighted by Crippen LogP contribution is 2.16. The van der Waals surface area contributed by atoms with E-state index in [4.69, 9.17) is 0 Å². The van der Waals surface area contributed by atoms with Gasteiger partial charge in [-0.1, -0.05) is 230 Å². The standard InChI is InChI=1S/C49H93NO4/c1-3-5-7-9-11-13-15-17-19-21-22-23-24-25-26-27-29-31-33-35-37-39-41-43-48(53)47(45-51)50-49(54)44-46(52)42-40-38-36-34-32-30-28-20-18-16-14-12-10-8-6-4-2/h26-27,33,35,41,43,46-48,51-53H,3-25,28-32,34,36-40,42,44-45H2,1-2H3,(H,50,54)/b27-26+,35-33+,43-41+. The third kappa shape index (κ3) is 40.2. The summed E-state index contributed by atoms with van der Waals surface area (Å²) in [7, 11) is 0. The molecule has 4 N–H and O–H groups in total. The highest BCUT2D eigenvalue weighted by molar-refractivity contribution is 5.76. The van der Waals surface area contributed by atoms with E-state index < -0.39 is 18.2 Å². The highest BCUT2D eigenvalue weighted by atomic mass is 16.3. The normalized spacial score (nSPS) is 13.8. The summed E-state index contributed by atoms with van der Waals surface area (Å²) in [6.07, 6.45) is 55.8. The molecule has 0 aromatic carbocycles. The van der Waals surface area contributed by atoms with E-state index in [0.29, 0.717) is 6.42 Å². The number of allylic oxidation sites excluding steroid dienone is 5. The molecule has 3 atom stereocenters.